The van der Waals surface area contributed by atoms with Gasteiger partial charge in [-0.2, -0.15) is 0 Å². The third kappa shape index (κ3) is 19.9. The summed E-state index contributed by atoms with van der Waals surface area (Å²) in [5.74, 6) is 3.29. The fourth-order valence-electron chi connectivity index (χ4n) is 23.7. The number of fused-ring (bicyclic) bond motifs is 4. The summed E-state index contributed by atoms with van der Waals surface area (Å²) < 4.78 is 31.5. The second-order valence-corrected chi connectivity index (χ2v) is 40.5. The van der Waals surface area contributed by atoms with E-state index in [2.05, 4.69) is 199 Å². The van der Waals surface area contributed by atoms with Gasteiger partial charge in [0.2, 0.25) is 0 Å². The Kier molecular flexibility index (Phi) is 28.2. The summed E-state index contributed by atoms with van der Waals surface area (Å²) in [6, 6.07) is 65.8. The summed E-state index contributed by atoms with van der Waals surface area (Å²) >= 11 is 0. The Morgan fingerprint density at radius 1 is 0.272 bits per heavy atom. The lowest BCUT2D eigenvalue weighted by molar-refractivity contribution is 0.0686. The van der Waals surface area contributed by atoms with Crippen molar-refractivity contribution in [1.82, 2.24) is 78.8 Å². The van der Waals surface area contributed by atoms with Crippen LogP contribution >= 0.6 is 0 Å². The lowest BCUT2D eigenvalue weighted by Gasteiger charge is -2.31. The molecule has 0 spiro atoms. The maximum atomic E-state index is 11.5. The van der Waals surface area contributed by atoms with Crippen LogP contribution in [0.25, 0.3) is 133 Å². The standard InChI is InChI=1S/C31H30N4O3.2C31H32N4O.C30H28N4O3/c1-19-28(20(2)38-34-19)24-16-27-29(33-17-24)25(21-11-13-23(14-12-21)31(36)37)18-35(27)30(22-8-4-3-5-9-22)26-10-6-7-15-32-26;2*1-20-12-14-23(15-13-20)26-19-35(31(24-9-5-4-6-10-24)27-11-7-8-16-32-27)28-17-25(18-33-30(26)28)29-21(2)34-36-22(29)3;1-18-27(19(2)37-33-18)23-15-26-28(32-16-23)24(20-10-12-22(13-11-20)30(35)36)17-34(26)29(21-7-3-4-8-21)25-9-5-6-14-31-25/h6-7,10-18,22,30H,3-5,8-9H2,1-2H3,(H,36,37);2*7-8,11-19,24,31H,4-6,9-10H2,1-3H3;5-6,9-17,21,29H,3-4,7-8H2,1-2H3,(H,35,36)/t30-;2*31-;29-/m1100/s1. The fourth-order valence-corrected chi connectivity index (χ4v) is 23.7. The van der Waals surface area contributed by atoms with E-state index in [4.69, 9.17) is 58.0 Å². The highest BCUT2D eigenvalue weighted by molar-refractivity contribution is 6.00. The van der Waals surface area contributed by atoms with Crippen LogP contribution in [0.1, 0.15) is 247 Å². The molecule has 4 saturated carbocycles. The van der Waals surface area contributed by atoms with Gasteiger partial charge in [-0.3, -0.25) is 39.9 Å². The van der Waals surface area contributed by atoms with E-state index < -0.39 is 11.9 Å². The van der Waals surface area contributed by atoms with E-state index in [9.17, 15) is 19.8 Å². The van der Waals surface area contributed by atoms with Crippen molar-refractivity contribution < 1.29 is 37.9 Å². The van der Waals surface area contributed by atoms with Gasteiger partial charge in [-0.05, 0) is 264 Å². The Morgan fingerprint density at radius 2 is 0.490 bits per heavy atom. The van der Waals surface area contributed by atoms with Gasteiger partial charge < -0.3 is 46.6 Å². The molecule has 24 rings (SSSR count). The maximum absolute atomic E-state index is 11.5. The maximum Gasteiger partial charge on any atom is 0.335 e. The summed E-state index contributed by atoms with van der Waals surface area (Å²) in [6.45, 7) is 19.9. The van der Waals surface area contributed by atoms with Crippen molar-refractivity contribution in [2.24, 2.45) is 23.7 Å². The first kappa shape index (κ1) is 97.1. The third-order valence-electron chi connectivity index (χ3n) is 30.9. The highest BCUT2D eigenvalue weighted by Gasteiger charge is 2.37. The summed E-state index contributed by atoms with van der Waals surface area (Å²) in [5, 5.41) is 35.5. The molecular formula is C123H122N16O8. The predicted molar refractivity (Wildman–Crippen MR) is 575 cm³/mol. The van der Waals surface area contributed by atoms with Crippen molar-refractivity contribution in [2.45, 2.75) is 215 Å². The summed E-state index contributed by atoms with van der Waals surface area (Å²) in [7, 11) is 0. The molecule has 742 valence electrons. The molecule has 4 fully saturated rings. The normalized spacial score (nSPS) is 15.2. The molecular weight excluding hydrogens is 1830 g/mol. The molecule has 0 bridgehead atoms. The van der Waals surface area contributed by atoms with Crippen LogP contribution in [0.5, 0.6) is 0 Å². The molecule has 0 radical (unpaired) electrons. The minimum atomic E-state index is -0.937. The van der Waals surface area contributed by atoms with Crippen LogP contribution in [-0.4, -0.2) is 101 Å². The number of nitrogens with zero attached hydrogens (tertiary/aromatic N) is 16. The van der Waals surface area contributed by atoms with Gasteiger partial charge in [-0.15, -0.1) is 0 Å². The molecule has 0 amide bonds. The van der Waals surface area contributed by atoms with Crippen LogP contribution in [-0.2, 0) is 0 Å². The van der Waals surface area contributed by atoms with Crippen molar-refractivity contribution in [3.8, 4) is 89.0 Å². The molecule has 16 heterocycles. The van der Waals surface area contributed by atoms with E-state index in [1.54, 1.807) is 24.3 Å². The quantitative estimate of drug-likeness (QED) is 0.0637. The first-order valence-electron chi connectivity index (χ1n) is 51.9. The number of aryl methyl sites for hydroxylation is 10. The van der Waals surface area contributed by atoms with Crippen LogP contribution in [0.2, 0.25) is 0 Å². The monoisotopic (exact) mass is 1950 g/mol. The molecule has 4 atom stereocenters. The molecule has 24 nitrogen and oxygen atoms in total. The molecule has 4 aromatic carbocycles. The van der Waals surface area contributed by atoms with Gasteiger partial charge in [0, 0.05) is 141 Å². The Labute approximate surface area is 854 Å². The number of carbonyl (C=O) groups is 2. The van der Waals surface area contributed by atoms with Gasteiger partial charge in [0.15, 0.2) is 0 Å². The third-order valence-corrected chi connectivity index (χ3v) is 30.9. The first-order chi connectivity index (χ1) is 71.7. The Hall–Kier alpha value is -16.0. The van der Waals surface area contributed by atoms with E-state index in [1.807, 2.05) is 153 Å². The number of aromatic carboxylic acids is 2. The molecule has 16 aromatic heterocycles. The number of carboxylic acid groups (broad SMARTS) is 2. The van der Waals surface area contributed by atoms with E-state index in [0.717, 1.165) is 216 Å². The Morgan fingerprint density at radius 3 is 0.687 bits per heavy atom. The predicted octanol–water partition coefficient (Wildman–Crippen LogP) is 29.8. The van der Waals surface area contributed by atoms with Gasteiger partial charge in [0.1, 0.15) is 23.0 Å². The fraction of sp³-hybridized carbons (Fsp3) is 0.301. The zero-order valence-corrected chi connectivity index (χ0v) is 85.0. The lowest BCUT2D eigenvalue weighted by Crippen LogP contribution is -2.23. The topological polar surface area (TPSA) is 302 Å². The lowest BCUT2D eigenvalue weighted by atomic mass is 9.82. The molecule has 0 aliphatic heterocycles. The summed E-state index contributed by atoms with van der Waals surface area (Å²) in [4.78, 5) is 62.2. The highest BCUT2D eigenvalue weighted by atomic mass is 16.5. The minimum absolute atomic E-state index is 0.0627. The van der Waals surface area contributed by atoms with Crippen molar-refractivity contribution in [2.75, 3.05) is 0 Å². The van der Waals surface area contributed by atoms with Crippen LogP contribution in [0.15, 0.2) is 287 Å². The van der Waals surface area contributed by atoms with Crippen LogP contribution < -0.4 is 0 Å². The van der Waals surface area contributed by atoms with Gasteiger partial charge in [-0.25, -0.2) is 9.59 Å². The smallest absolute Gasteiger partial charge is 0.335 e. The van der Waals surface area contributed by atoms with E-state index in [0.29, 0.717) is 23.7 Å². The summed E-state index contributed by atoms with van der Waals surface area (Å²) in [5.41, 5.74) is 35.4. The molecule has 0 unspecified atom stereocenters. The average molecular weight is 1950 g/mol. The van der Waals surface area contributed by atoms with Crippen LogP contribution in [0.3, 0.4) is 0 Å². The zero-order chi connectivity index (χ0) is 101. The van der Waals surface area contributed by atoms with Crippen molar-refractivity contribution in [3.05, 3.63) is 359 Å². The minimum Gasteiger partial charge on any atom is -0.478 e. The average Bonchev–Trinajstić information content (AvgIpc) is 1.61. The molecule has 4 aliphatic carbocycles. The first-order valence-corrected chi connectivity index (χ1v) is 51.9. The molecule has 4 aliphatic rings. The number of pyridine rings is 8. The van der Waals surface area contributed by atoms with Gasteiger partial charge >= 0.3 is 11.9 Å². The van der Waals surface area contributed by atoms with Crippen LogP contribution in [0, 0.1) is 92.9 Å². The van der Waals surface area contributed by atoms with E-state index in [-0.39, 0.29) is 35.3 Å². The van der Waals surface area contributed by atoms with Gasteiger partial charge in [-0.1, -0.05) is 199 Å². The SMILES string of the molecule is Cc1ccc(-c2cn([C@@H](c3ccccn3)C3CCCCC3)c3cc(-c4c(C)noc4C)cnc23)cc1.Cc1ccc(-c2cn([C@H](c3ccccn3)C3CCCCC3)c3cc(-c4c(C)noc4C)cnc23)cc1.Cc1noc(C)c1-c1cnc2c(-c3ccc(C(=O)O)cc3)cn([C@@H](c3ccccn3)C3CCCCC3)c2c1.Cc1noc(C)c1-c1cnc2c(-c3ccc(C(=O)O)cc3)cn([C@H](c3ccccn3)C3CCCC3)c2c1. The van der Waals surface area contributed by atoms with Crippen molar-refractivity contribution in [1.29, 1.82) is 0 Å². The van der Waals surface area contributed by atoms with Crippen LogP contribution in [0.4, 0.5) is 0 Å². The largest absolute Gasteiger partial charge is 0.478 e. The Bertz CT molecular complexity index is 7740. The Balaban J connectivity index is 0.000000115. The number of benzene rings is 4. The second-order valence-electron chi connectivity index (χ2n) is 40.5. The summed E-state index contributed by atoms with van der Waals surface area (Å²) in [6.07, 6.45) is 47.7. The molecule has 24 heteroatoms. The number of hydrogen-bond donors (Lipinski definition) is 2. The van der Waals surface area contributed by atoms with Crippen molar-refractivity contribution >= 4 is 56.1 Å². The van der Waals surface area contributed by atoms with Crippen molar-refractivity contribution in [3.63, 3.8) is 0 Å². The number of carboxylic acids is 2. The number of aromatic nitrogens is 16. The van der Waals surface area contributed by atoms with E-state index >= 15 is 0 Å². The molecule has 147 heavy (non-hydrogen) atoms. The molecule has 0 saturated heterocycles. The van der Waals surface area contributed by atoms with E-state index in [1.165, 1.54) is 119 Å². The van der Waals surface area contributed by atoms with Gasteiger partial charge in [0.05, 0.1) is 125 Å². The molecule has 20 aromatic rings. The zero-order valence-electron chi connectivity index (χ0n) is 85.0. The number of rotatable bonds is 22. The number of hydrogen-bond acceptors (Lipinski definition) is 18. The highest BCUT2D eigenvalue weighted by Crippen LogP contribution is 2.50. The van der Waals surface area contributed by atoms with Gasteiger partial charge in [0.25, 0.3) is 0 Å². The second kappa shape index (κ2) is 42.7. The molecule has 2 N–H and O–H groups in total.